The summed E-state index contributed by atoms with van der Waals surface area (Å²) >= 11 is 0. The van der Waals surface area contributed by atoms with E-state index in [4.69, 9.17) is 14.5 Å². The molecule has 0 unspecified atom stereocenters. The first-order chi connectivity index (χ1) is 15.6. The van der Waals surface area contributed by atoms with Gasteiger partial charge in [-0.25, -0.2) is 14.6 Å². The maximum absolute atomic E-state index is 13.1. The summed E-state index contributed by atoms with van der Waals surface area (Å²) in [6.07, 6.45) is 3.53. The number of aromatic nitrogens is 1. The number of ether oxygens (including phenoxy) is 2. The van der Waals surface area contributed by atoms with Crippen molar-refractivity contribution in [2.75, 3.05) is 20.3 Å². The van der Waals surface area contributed by atoms with Gasteiger partial charge in [-0.15, -0.1) is 0 Å². The lowest BCUT2D eigenvalue weighted by Crippen LogP contribution is -2.30. The highest BCUT2D eigenvalue weighted by atomic mass is 16.6. The number of alkyl carbamates (subject to hydrolysis) is 1. The van der Waals surface area contributed by atoms with Gasteiger partial charge in [0.25, 0.3) is 0 Å². The Hall–Kier alpha value is -3.71. The molecule has 0 fully saturated rings. The minimum atomic E-state index is -0.808. The average molecular weight is 432 g/mol. The molecule has 32 heavy (non-hydrogen) atoms. The number of fused-ring (bicyclic) bond motifs is 2. The van der Waals surface area contributed by atoms with Crippen molar-refractivity contribution < 1.29 is 24.2 Å². The normalized spacial score (nSPS) is 14.2. The molecule has 0 saturated heterocycles. The van der Waals surface area contributed by atoms with Gasteiger partial charge in [0, 0.05) is 19.0 Å². The topological polar surface area (TPSA) is 97.8 Å². The van der Waals surface area contributed by atoms with Crippen molar-refractivity contribution in [1.82, 2.24) is 10.3 Å². The molecular formula is C25H24N2O5. The molecule has 1 heterocycles. The van der Waals surface area contributed by atoms with Crippen LogP contribution in [0.1, 0.15) is 40.0 Å². The maximum atomic E-state index is 13.1. The Morgan fingerprint density at radius 2 is 1.91 bits per heavy atom. The zero-order valence-corrected chi connectivity index (χ0v) is 17.8. The first-order valence-corrected chi connectivity index (χ1v) is 10.5. The maximum Gasteiger partial charge on any atom is 0.415 e. The Bertz CT molecular complexity index is 1180. The van der Waals surface area contributed by atoms with E-state index in [9.17, 15) is 14.7 Å². The first-order valence-electron chi connectivity index (χ1n) is 10.5. The Balaban J connectivity index is 1.76. The van der Waals surface area contributed by atoms with Crippen molar-refractivity contribution in [2.24, 2.45) is 0 Å². The van der Waals surface area contributed by atoms with Gasteiger partial charge < -0.3 is 19.9 Å². The van der Waals surface area contributed by atoms with E-state index in [-0.39, 0.29) is 12.3 Å². The number of hydrogen-bond donors (Lipinski definition) is 2. The van der Waals surface area contributed by atoms with E-state index < -0.39 is 12.1 Å². The number of allylic oxidation sites excluding steroid dienone is 1. The lowest BCUT2D eigenvalue weighted by atomic mass is 9.86. The number of nitrogens with zero attached hydrogens (tertiary/aromatic N) is 1. The number of rotatable bonds is 5. The molecule has 0 spiro atoms. The number of hydrogen-bond acceptors (Lipinski definition) is 6. The number of methoxy groups -OCH3 is 1. The van der Waals surface area contributed by atoms with E-state index in [0.29, 0.717) is 29.5 Å². The monoisotopic (exact) mass is 432 g/mol. The van der Waals surface area contributed by atoms with Crippen LogP contribution in [0.2, 0.25) is 0 Å². The predicted octanol–water partition coefficient (Wildman–Crippen LogP) is 4.33. The van der Waals surface area contributed by atoms with Crippen LogP contribution in [0.15, 0.2) is 48.5 Å². The van der Waals surface area contributed by atoms with Crippen molar-refractivity contribution in [2.45, 2.75) is 19.3 Å². The van der Waals surface area contributed by atoms with E-state index >= 15 is 0 Å². The van der Waals surface area contributed by atoms with Crippen LogP contribution in [0.5, 0.6) is 5.75 Å². The molecule has 0 radical (unpaired) electrons. The summed E-state index contributed by atoms with van der Waals surface area (Å²) in [6, 6.07) is 14.3. The molecule has 7 heteroatoms. The second-order valence-corrected chi connectivity index (χ2v) is 7.54. The highest BCUT2D eigenvalue weighted by molar-refractivity contribution is 6.09. The summed E-state index contributed by atoms with van der Waals surface area (Å²) in [4.78, 5) is 30.0. The van der Waals surface area contributed by atoms with Crippen LogP contribution in [0.25, 0.3) is 22.6 Å². The smallest absolute Gasteiger partial charge is 0.415 e. The molecule has 0 saturated carbocycles. The molecule has 1 aliphatic carbocycles. The van der Waals surface area contributed by atoms with E-state index in [1.54, 1.807) is 12.1 Å². The van der Waals surface area contributed by atoms with Gasteiger partial charge in [-0.05, 0) is 60.2 Å². The number of aromatic hydroxyl groups is 1. The van der Waals surface area contributed by atoms with Gasteiger partial charge in [-0.1, -0.05) is 30.3 Å². The number of phenolic OH excluding ortho intramolecular Hbond substituents is 1. The van der Waals surface area contributed by atoms with Crippen molar-refractivity contribution in [3.8, 4) is 5.75 Å². The summed E-state index contributed by atoms with van der Waals surface area (Å²) in [6.45, 7) is 0.569. The third kappa shape index (κ3) is 4.63. The fraction of sp³-hybridized carbons (Fsp3) is 0.240. The number of phenols is 1. The van der Waals surface area contributed by atoms with Gasteiger partial charge in [0.2, 0.25) is 0 Å². The SMILES string of the molecule is COCCNC(=O)OC(=O)c1c2c(nc3ccccc13)/C(=C\c1ccc(O)cc1)CCC2. The van der Waals surface area contributed by atoms with Crippen LogP contribution < -0.4 is 5.32 Å². The summed E-state index contributed by atoms with van der Waals surface area (Å²) in [5.74, 6) is -0.491. The molecule has 1 aromatic heterocycles. The second-order valence-electron chi connectivity index (χ2n) is 7.54. The molecule has 164 valence electrons. The van der Waals surface area contributed by atoms with E-state index in [0.717, 1.165) is 35.2 Å². The van der Waals surface area contributed by atoms with Crippen LogP contribution in [0.4, 0.5) is 4.79 Å². The molecular weight excluding hydrogens is 408 g/mol. The molecule has 1 aliphatic rings. The standard InChI is InChI=1S/C25H24N2O5/c1-31-14-13-26-25(30)32-24(29)22-19-6-2-3-8-21(19)27-23-17(5-4-7-20(22)23)15-16-9-11-18(28)12-10-16/h2-3,6,8-12,15,28H,4-5,7,13-14H2,1H3,(H,26,30)/b17-15-. The third-order valence-corrected chi connectivity index (χ3v) is 5.37. The molecule has 0 atom stereocenters. The summed E-state index contributed by atoms with van der Waals surface area (Å²) in [5, 5.41) is 12.7. The van der Waals surface area contributed by atoms with Crippen LogP contribution >= 0.6 is 0 Å². The number of carbonyl (C=O) groups excluding carboxylic acids is 2. The number of nitrogens with one attached hydrogen (secondary N) is 1. The number of para-hydroxylation sites is 1. The van der Waals surface area contributed by atoms with Gasteiger partial charge in [0.15, 0.2) is 0 Å². The number of benzene rings is 2. The van der Waals surface area contributed by atoms with Crippen LogP contribution in [-0.2, 0) is 15.9 Å². The largest absolute Gasteiger partial charge is 0.508 e. The molecule has 4 rings (SSSR count). The van der Waals surface area contributed by atoms with Gasteiger partial charge in [0.1, 0.15) is 5.75 Å². The number of pyridine rings is 1. The highest BCUT2D eigenvalue weighted by Gasteiger charge is 2.27. The fourth-order valence-electron chi connectivity index (χ4n) is 3.91. The van der Waals surface area contributed by atoms with Gasteiger partial charge in [-0.3, -0.25) is 0 Å². The minimum Gasteiger partial charge on any atom is -0.508 e. The van der Waals surface area contributed by atoms with Crippen molar-refractivity contribution in [1.29, 1.82) is 0 Å². The quantitative estimate of drug-likeness (QED) is 0.354. The lowest BCUT2D eigenvalue weighted by Gasteiger charge is -2.22. The first kappa shape index (κ1) is 21.5. The fourth-order valence-corrected chi connectivity index (χ4v) is 3.91. The zero-order chi connectivity index (χ0) is 22.5. The Labute approximate surface area is 185 Å². The van der Waals surface area contributed by atoms with E-state index in [2.05, 4.69) is 5.32 Å². The minimum absolute atomic E-state index is 0.203. The molecule has 2 N–H and O–H groups in total. The number of amides is 1. The lowest BCUT2D eigenvalue weighted by molar-refractivity contribution is 0.0619. The van der Waals surface area contributed by atoms with Gasteiger partial charge >= 0.3 is 12.1 Å². The molecule has 0 bridgehead atoms. The Morgan fingerprint density at radius 1 is 1.12 bits per heavy atom. The molecule has 1 amide bonds. The summed E-state index contributed by atoms with van der Waals surface area (Å²) in [5.41, 5.74) is 4.51. The van der Waals surface area contributed by atoms with Gasteiger partial charge in [-0.2, -0.15) is 0 Å². The third-order valence-electron chi connectivity index (χ3n) is 5.37. The van der Waals surface area contributed by atoms with Crippen LogP contribution in [0.3, 0.4) is 0 Å². The predicted molar refractivity (Wildman–Crippen MR) is 121 cm³/mol. The molecule has 3 aromatic rings. The average Bonchev–Trinajstić information content (AvgIpc) is 2.79. The molecule has 0 aliphatic heterocycles. The van der Waals surface area contributed by atoms with Crippen molar-refractivity contribution in [3.63, 3.8) is 0 Å². The van der Waals surface area contributed by atoms with E-state index in [1.165, 1.54) is 7.11 Å². The highest BCUT2D eigenvalue weighted by Crippen LogP contribution is 2.36. The van der Waals surface area contributed by atoms with Gasteiger partial charge in [0.05, 0.1) is 23.4 Å². The van der Waals surface area contributed by atoms with Crippen molar-refractivity contribution in [3.05, 3.63) is 70.9 Å². The summed E-state index contributed by atoms with van der Waals surface area (Å²) in [7, 11) is 1.52. The Morgan fingerprint density at radius 3 is 2.69 bits per heavy atom. The number of esters is 1. The molecule has 2 aromatic carbocycles. The van der Waals surface area contributed by atoms with E-state index in [1.807, 2.05) is 42.5 Å². The second kappa shape index (κ2) is 9.62. The molecule has 7 nitrogen and oxygen atoms in total. The summed E-state index contributed by atoms with van der Waals surface area (Å²) < 4.78 is 10.0. The number of carbonyl (C=O) groups is 2. The zero-order valence-electron chi connectivity index (χ0n) is 17.8. The Kier molecular flexibility index (Phi) is 6.47. The van der Waals surface area contributed by atoms with Crippen molar-refractivity contribution >= 4 is 34.6 Å². The van der Waals surface area contributed by atoms with Crippen LogP contribution in [0, 0.1) is 0 Å². The van der Waals surface area contributed by atoms with Crippen LogP contribution in [-0.4, -0.2) is 42.4 Å².